The van der Waals surface area contributed by atoms with Crippen LogP contribution in [0.5, 0.6) is 0 Å². The first-order chi connectivity index (χ1) is 7.78. The van der Waals surface area contributed by atoms with Gasteiger partial charge >= 0.3 is 0 Å². The number of aryl methyl sites for hydroxylation is 1. The van der Waals surface area contributed by atoms with Crippen molar-refractivity contribution in [1.29, 1.82) is 5.26 Å². The average Bonchev–Trinajstić information content (AvgIpc) is 2.73. The Kier molecular flexibility index (Phi) is 3.22. The van der Waals surface area contributed by atoms with Crippen molar-refractivity contribution in [3.8, 4) is 6.07 Å². The molecule has 0 aliphatic rings. The molecule has 0 aliphatic heterocycles. The molecule has 0 saturated heterocycles. The lowest BCUT2D eigenvalue weighted by molar-refractivity contribution is 0.766. The summed E-state index contributed by atoms with van der Waals surface area (Å²) in [7, 11) is 1.89. The summed E-state index contributed by atoms with van der Waals surface area (Å²) in [5.74, 6) is 0.822. The molecule has 0 aromatic carbocycles. The van der Waals surface area contributed by atoms with Crippen LogP contribution >= 0.6 is 11.8 Å². The SMILES string of the molecule is Cn1cc(SCc2ccnc(C#N)c2)cn1. The molecule has 16 heavy (non-hydrogen) atoms. The lowest BCUT2D eigenvalue weighted by Gasteiger charge is -1.99. The molecular formula is C11H10N4S. The van der Waals surface area contributed by atoms with Crippen LogP contribution in [-0.2, 0) is 12.8 Å². The highest BCUT2D eigenvalue weighted by Crippen LogP contribution is 2.21. The van der Waals surface area contributed by atoms with E-state index in [-0.39, 0.29) is 0 Å². The molecule has 80 valence electrons. The lowest BCUT2D eigenvalue weighted by Crippen LogP contribution is -1.86. The number of hydrogen-bond acceptors (Lipinski definition) is 4. The van der Waals surface area contributed by atoms with Crippen LogP contribution in [0.15, 0.2) is 35.6 Å². The second-order valence-electron chi connectivity index (χ2n) is 3.30. The monoisotopic (exact) mass is 230 g/mol. The van der Waals surface area contributed by atoms with Crippen LogP contribution in [-0.4, -0.2) is 14.8 Å². The molecule has 0 fully saturated rings. The van der Waals surface area contributed by atoms with Crippen LogP contribution in [0, 0.1) is 11.3 Å². The van der Waals surface area contributed by atoms with E-state index in [4.69, 9.17) is 5.26 Å². The van der Waals surface area contributed by atoms with E-state index < -0.39 is 0 Å². The van der Waals surface area contributed by atoms with E-state index in [2.05, 4.69) is 10.1 Å². The van der Waals surface area contributed by atoms with Crippen molar-refractivity contribution in [1.82, 2.24) is 14.8 Å². The minimum Gasteiger partial charge on any atom is -0.275 e. The van der Waals surface area contributed by atoms with Gasteiger partial charge in [-0.15, -0.1) is 11.8 Å². The zero-order valence-corrected chi connectivity index (χ0v) is 9.61. The molecule has 2 heterocycles. The van der Waals surface area contributed by atoms with Gasteiger partial charge in [0.1, 0.15) is 11.8 Å². The summed E-state index contributed by atoms with van der Waals surface area (Å²) in [4.78, 5) is 5.05. The number of hydrogen-bond donors (Lipinski definition) is 0. The van der Waals surface area contributed by atoms with Gasteiger partial charge in [-0.25, -0.2) is 4.98 Å². The molecular weight excluding hydrogens is 220 g/mol. The second-order valence-corrected chi connectivity index (χ2v) is 4.35. The maximum Gasteiger partial charge on any atom is 0.140 e. The molecule has 5 heteroatoms. The fourth-order valence-electron chi connectivity index (χ4n) is 1.27. The Labute approximate surface area is 97.9 Å². The lowest BCUT2D eigenvalue weighted by atomic mass is 10.2. The fourth-order valence-corrected chi connectivity index (χ4v) is 2.13. The zero-order chi connectivity index (χ0) is 11.4. The molecule has 4 nitrogen and oxygen atoms in total. The maximum absolute atomic E-state index is 8.72. The molecule has 0 atom stereocenters. The Hall–Kier alpha value is -1.80. The summed E-state index contributed by atoms with van der Waals surface area (Å²) < 4.78 is 1.77. The van der Waals surface area contributed by atoms with E-state index in [0.717, 1.165) is 16.2 Å². The van der Waals surface area contributed by atoms with Crippen molar-refractivity contribution >= 4 is 11.8 Å². The summed E-state index contributed by atoms with van der Waals surface area (Å²) in [5, 5.41) is 12.8. The number of thioether (sulfide) groups is 1. The third-order valence-corrected chi connectivity index (χ3v) is 3.05. The van der Waals surface area contributed by atoms with Crippen LogP contribution < -0.4 is 0 Å². The Bertz CT molecular complexity index is 527. The van der Waals surface area contributed by atoms with Gasteiger partial charge in [0.2, 0.25) is 0 Å². The van der Waals surface area contributed by atoms with Crippen molar-refractivity contribution in [3.05, 3.63) is 42.0 Å². The Morgan fingerprint density at radius 3 is 3.12 bits per heavy atom. The molecule has 0 aliphatic carbocycles. The van der Waals surface area contributed by atoms with Gasteiger partial charge in [-0.3, -0.25) is 4.68 Å². The predicted molar refractivity (Wildman–Crippen MR) is 61.7 cm³/mol. The molecule has 0 radical (unpaired) electrons. The first-order valence-electron chi connectivity index (χ1n) is 4.74. The molecule has 2 aromatic rings. The van der Waals surface area contributed by atoms with E-state index >= 15 is 0 Å². The molecule has 0 N–H and O–H groups in total. The van der Waals surface area contributed by atoms with Gasteiger partial charge in [-0.05, 0) is 17.7 Å². The van der Waals surface area contributed by atoms with Gasteiger partial charge in [-0.1, -0.05) is 0 Å². The van der Waals surface area contributed by atoms with Crippen molar-refractivity contribution in [2.75, 3.05) is 0 Å². The van der Waals surface area contributed by atoms with E-state index in [9.17, 15) is 0 Å². The average molecular weight is 230 g/mol. The van der Waals surface area contributed by atoms with Crippen molar-refractivity contribution in [2.45, 2.75) is 10.6 Å². The maximum atomic E-state index is 8.72. The Balaban J connectivity index is 2.02. The van der Waals surface area contributed by atoms with Crippen molar-refractivity contribution < 1.29 is 0 Å². The van der Waals surface area contributed by atoms with Gasteiger partial charge in [0.15, 0.2) is 0 Å². The van der Waals surface area contributed by atoms with Gasteiger partial charge in [0, 0.05) is 30.1 Å². The summed E-state index contributed by atoms with van der Waals surface area (Å²) in [6.07, 6.45) is 5.46. The normalized spacial score (nSPS) is 10.0. The first-order valence-corrected chi connectivity index (χ1v) is 5.73. The van der Waals surface area contributed by atoms with Crippen LogP contribution in [0.25, 0.3) is 0 Å². The predicted octanol–water partition coefficient (Wildman–Crippen LogP) is 1.98. The van der Waals surface area contributed by atoms with Gasteiger partial charge in [0.05, 0.1) is 6.20 Å². The highest BCUT2D eigenvalue weighted by Gasteiger charge is 2.00. The minimum absolute atomic E-state index is 0.462. The summed E-state index contributed by atoms with van der Waals surface area (Å²) in [6, 6.07) is 5.76. The third kappa shape index (κ3) is 2.61. The van der Waals surface area contributed by atoms with E-state index in [1.165, 1.54) is 0 Å². The van der Waals surface area contributed by atoms with Crippen LogP contribution in [0.4, 0.5) is 0 Å². The standard InChI is InChI=1S/C11H10N4S/c1-15-7-11(6-14-15)16-8-9-2-3-13-10(4-9)5-12/h2-4,6-7H,8H2,1H3. The molecule has 0 spiro atoms. The van der Waals surface area contributed by atoms with Crippen molar-refractivity contribution in [3.63, 3.8) is 0 Å². The fraction of sp³-hybridized carbons (Fsp3) is 0.182. The van der Waals surface area contributed by atoms with E-state index in [0.29, 0.717) is 5.69 Å². The topological polar surface area (TPSA) is 54.5 Å². The quantitative estimate of drug-likeness (QED) is 0.756. The minimum atomic E-state index is 0.462. The van der Waals surface area contributed by atoms with Crippen LogP contribution in [0.1, 0.15) is 11.3 Å². The highest BCUT2D eigenvalue weighted by molar-refractivity contribution is 7.98. The van der Waals surface area contributed by atoms with Gasteiger partial charge < -0.3 is 0 Å². The summed E-state index contributed by atoms with van der Waals surface area (Å²) in [5.41, 5.74) is 1.56. The molecule has 2 aromatic heterocycles. The summed E-state index contributed by atoms with van der Waals surface area (Å²) >= 11 is 1.69. The molecule has 0 saturated carbocycles. The largest absolute Gasteiger partial charge is 0.275 e. The number of nitrogens with zero attached hydrogens (tertiary/aromatic N) is 4. The summed E-state index contributed by atoms with van der Waals surface area (Å²) in [6.45, 7) is 0. The molecule has 0 amide bonds. The molecule has 2 rings (SSSR count). The molecule has 0 bridgehead atoms. The number of aromatic nitrogens is 3. The van der Waals surface area contributed by atoms with E-state index in [1.54, 1.807) is 22.6 Å². The van der Waals surface area contributed by atoms with Crippen molar-refractivity contribution in [2.24, 2.45) is 7.05 Å². The van der Waals surface area contributed by atoms with Crippen LogP contribution in [0.3, 0.4) is 0 Å². The number of rotatable bonds is 3. The zero-order valence-electron chi connectivity index (χ0n) is 8.79. The molecule has 0 unspecified atom stereocenters. The first kappa shape index (κ1) is 10.7. The highest BCUT2D eigenvalue weighted by atomic mass is 32.2. The number of nitriles is 1. The third-order valence-electron chi connectivity index (χ3n) is 2.03. The van der Waals surface area contributed by atoms with Gasteiger partial charge in [0.25, 0.3) is 0 Å². The second kappa shape index (κ2) is 4.81. The van der Waals surface area contributed by atoms with Gasteiger partial charge in [-0.2, -0.15) is 10.4 Å². The Morgan fingerprint density at radius 2 is 2.44 bits per heavy atom. The van der Waals surface area contributed by atoms with Crippen LogP contribution in [0.2, 0.25) is 0 Å². The smallest absolute Gasteiger partial charge is 0.140 e. The number of pyridine rings is 1. The van der Waals surface area contributed by atoms with E-state index in [1.807, 2.05) is 37.6 Å². The Morgan fingerprint density at radius 1 is 1.56 bits per heavy atom.